The summed E-state index contributed by atoms with van der Waals surface area (Å²) in [4.78, 5) is 29.6. The molecule has 1 aliphatic rings. The molecule has 0 amide bonds. The van der Waals surface area contributed by atoms with Crippen LogP contribution in [0.3, 0.4) is 0 Å². The summed E-state index contributed by atoms with van der Waals surface area (Å²) in [6.45, 7) is 4.33. The molecule has 0 aliphatic carbocycles. The first-order chi connectivity index (χ1) is 16.6. The van der Waals surface area contributed by atoms with E-state index in [1.807, 2.05) is 43.3 Å². The quantitative estimate of drug-likeness (QED) is 0.393. The summed E-state index contributed by atoms with van der Waals surface area (Å²) in [7, 11) is 0. The zero-order valence-electron chi connectivity index (χ0n) is 19.2. The van der Waals surface area contributed by atoms with Crippen LogP contribution >= 0.6 is 11.8 Å². The first kappa shape index (κ1) is 25.1. The number of nitrogens with one attached hydrogen (secondary N) is 1. The number of esters is 2. The Hall–Kier alpha value is -3.57. The van der Waals surface area contributed by atoms with Crippen molar-refractivity contribution in [1.82, 2.24) is 10.3 Å². The predicted octanol–water partition coefficient (Wildman–Crippen LogP) is 4.55. The molecule has 2 heterocycles. The third kappa shape index (κ3) is 6.06. The van der Waals surface area contributed by atoms with Crippen LogP contribution in [0, 0.1) is 11.3 Å². The van der Waals surface area contributed by atoms with E-state index in [2.05, 4.69) is 16.4 Å². The number of dihydropyridines is 1. The highest BCUT2D eigenvalue weighted by Gasteiger charge is 2.37. The van der Waals surface area contributed by atoms with Crippen molar-refractivity contribution in [1.29, 1.82) is 5.26 Å². The monoisotopic (exact) mass is 477 g/mol. The van der Waals surface area contributed by atoms with Crippen LogP contribution in [-0.2, 0) is 19.1 Å². The van der Waals surface area contributed by atoms with E-state index in [1.54, 1.807) is 25.4 Å². The molecule has 0 radical (unpaired) electrons. The minimum atomic E-state index is -0.701. The maximum atomic E-state index is 13.2. The molecule has 0 saturated carbocycles. The fourth-order valence-corrected chi connectivity index (χ4v) is 4.38. The summed E-state index contributed by atoms with van der Waals surface area (Å²) < 4.78 is 10.7. The van der Waals surface area contributed by atoms with Crippen LogP contribution in [0.15, 0.2) is 71.0 Å². The molecular weight excluding hydrogens is 450 g/mol. The molecule has 8 heteroatoms. The lowest BCUT2D eigenvalue weighted by atomic mass is 9.82. The van der Waals surface area contributed by atoms with Gasteiger partial charge in [-0.3, -0.25) is 9.78 Å². The van der Waals surface area contributed by atoms with Crippen LogP contribution < -0.4 is 5.32 Å². The van der Waals surface area contributed by atoms with E-state index in [4.69, 9.17) is 9.47 Å². The summed E-state index contributed by atoms with van der Waals surface area (Å²) >= 11 is 1.18. The van der Waals surface area contributed by atoms with E-state index in [-0.39, 0.29) is 18.3 Å². The Morgan fingerprint density at radius 2 is 1.94 bits per heavy atom. The summed E-state index contributed by atoms with van der Waals surface area (Å²) in [5, 5.41) is 13.9. The van der Waals surface area contributed by atoms with E-state index >= 15 is 0 Å². The van der Waals surface area contributed by atoms with Gasteiger partial charge in [0, 0.05) is 12.4 Å². The highest BCUT2D eigenvalue weighted by Crippen LogP contribution is 2.43. The van der Waals surface area contributed by atoms with Crippen LogP contribution in [-0.4, -0.2) is 35.9 Å². The van der Waals surface area contributed by atoms with E-state index in [1.165, 1.54) is 11.8 Å². The summed E-state index contributed by atoms with van der Waals surface area (Å²) in [5.74, 6) is -1.54. The standard InChI is InChI=1S/C26H27N3O4S/c1-3-5-14-33-21(30)17-34-25-20(15-27)22(19-12-9-13-28-16-19)23(26(31)32-4-2)24(29-25)18-10-7-6-8-11-18/h6-13,16,22,29H,3-5,14,17H2,1-2H3/t22-/m0/s1. The largest absolute Gasteiger partial charge is 0.465 e. The molecule has 0 saturated heterocycles. The van der Waals surface area contributed by atoms with Crippen LogP contribution in [0.4, 0.5) is 0 Å². The van der Waals surface area contributed by atoms with E-state index in [9.17, 15) is 14.9 Å². The molecule has 0 bridgehead atoms. The Kier molecular flexibility index (Phi) is 9.30. The highest BCUT2D eigenvalue weighted by molar-refractivity contribution is 8.03. The van der Waals surface area contributed by atoms with Gasteiger partial charge in [-0.05, 0) is 30.5 Å². The van der Waals surface area contributed by atoms with Crippen LogP contribution in [0.25, 0.3) is 5.70 Å². The van der Waals surface area contributed by atoms with Gasteiger partial charge in [0.15, 0.2) is 0 Å². The van der Waals surface area contributed by atoms with Crippen LogP contribution in [0.5, 0.6) is 0 Å². The highest BCUT2D eigenvalue weighted by atomic mass is 32.2. The molecule has 0 unspecified atom stereocenters. The lowest BCUT2D eigenvalue weighted by Gasteiger charge is -2.30. The molecule has 0 spiro atoms. The van der Waals surface area contributed by atoms with Crippen molar-refractivity contribution in [2.75, 3.05) is 19.0 Å². The molecule has 1 atom stereocenters. The summed E-state index contributed by atoms with van der Waals surface area (Å²) in [6.07, 6.45) is 5.00. The van der Waals surface area contributed by atoms with Gasteiger partial charge in [0.05, 0.1) is 52.8 Å². The molecule has 7 nitrogen and oxygen atoms in total. The van der Waals surface area contributed by atoms with Crippen LogP contribution in [0.1, 0.15) is 43.7 Å². The van der Waals surface area contributed by atoms with Crippen molar-refractivity contribution in [2.45, 2.75) is 32.6 Å². The van der Waals surface area contributed by atoms with Crippen LogP contribution in [0.2, 0.25) is 0 Å². The Morgan fingerprint density at radius 3 is 2.59 bits per heavy atom. The zero-order valence-corrected chi connectivity index (χ0v) is 20.1. The number of carbonyl (C=O) groups is 2. The number of allylic oxidation sites excluding steroid dienone is 1. The molecular formula is C26H27N3O4S. The number of benzene rings is 1. The van der Waals surface area contributed by atoms with E-state index < -0.39 is 11.9 Å². The number of ether oxygens (including phenoxy) is 2. The second kappa shape index (κ2) is 12.6. The predicted molar refractivity (Wildman–Crippen MR) is 131 cm³/mol. The lowest BCUT2D eigenvalue weighted by Crippen LogP contribution is -2.29. The van der Waals surface area contributed by atoms with Gasteiger partial charge in [0.25, 0.3) is 0 Å². The Bertz CT molecular complexity index is 1110. The van der Waals surface area contributed by atoms with Gasteiger partial charge < -0.3 is 14.8 Å². The molecule has 1 aromatic carbocycles. The average Bonchev–Trinajstić information content (AvgIpc) is 2.87. The first-order valence-electron chi connectivity index (χ1n) is 11.2. The summed E-state index contributed by atoms with van der Waals surface area (Å²) in [6, 6.07) is 15.2. The topological polar surface area (TPSA) is 101 Å². The number of unbranched alkanes of at least 4 members (excludes halogenated alkanes) is 1. The third-order valence-electron chi connectivity index (χ3n) is 5.12. The minimum absolute atomic E-state index is 0.0355. The molecule has 1 N–H and O–H groups in total. The molecule has 2 aromatic rings. The molecule has 3 rings (SSSR count). The van der Waals surface area contributed by atoms with Gasteiger partial charge in [0.1, 0.15) is 0 Å². The Balaban J connectivity index is 2.08. The van der Waals surface area contributed by atoms with Crippen molar-refractivity contribution in [3.05, 3.63) is 82.2 Å². The molecule has 176 valence electrons. The second-order valence-electron chi connectivity index (χ2n) is 7.44. The van der Waals surface area contributed by atoms with Crippen molar-refractivity contribution >= 4 is 29.4 Å². The normalized spacial score (nSPS) is 15.4. The van der Waals surface area contributed by atoms with Crippen molar-refractivity contribution < 1.29 is 19.1 Å². The van der Waals surface area contributed by atoms with Crippen molar-refractivity contribution in [2.24, 2.45) is 0 Å². The molecule has 34 heavy (non-hydrogen) atoms. The first-order valence-corrected chi connectivity index (χ1v) is 12.2. The average molecular weight is 478 g/mol. The number of nitrogens with zero attached hydrogens (tertiary/aromatic N) is 2. The third-order valence-corrected chi connectivity index (χ3v) is 6.11. The molecule has 0 fully saturated rings. The number of pyridine rings is 1. The van der Waals surface area contributed by atoms with Crippen molar-refractivity contribution in [3.63, 3.8) is 0 Å². The number of nitriles is 1. The SMILES string of the molecule is CCCCOC(=O)CSC1=C(C#N)[C@H](c2cccnc2)C(C(=O)OCC)=C(c2ccccc2)N1. The van der Waals surface area contributed by atoms with Gasteiger partial charge in [-0.15, -0.1) is 0 Å². The maximum Gasteiger partial charge on any atom is 0.337 e. The zero-order chi connectivity index (χ0) is 24.3. The number of thioether (sulfide) groups is 1. The second-order valence-corrected chi connectivity index (χ2v) is 8.42. The Morgan fingerprint density at radius 1 is 1.15 bits per heavy atom. The number of hydrogen-bond acceptors (Lipinski definition) is 8. The molecule has 1 aliphatic heterocycles. The summed E-state index contributed by atoms with van der Waals surface area (Å²) in [5.41, 5.74) is 2.63. The fraction of sp³-hybridized carbons (Fsp3) is 0.308. The molecule has 1 aromatic heterocycles. The lowest BCUT2D eigenvalue weighted by molar-refractivity contribution is -0.140. The maximum absolute atomic E-state index is 13.2. The Labute approximate surface area is 203 Å². The smallest absolute Gasteiger partial charge is 0.337 e. The van der Waals surface area contributed by atoms with Crippen molar-refractivity contribution in [3.8, 4) is 6.07 Å². The van der Waals surface area contributed by atoms with Gasteiger partial charge in [-0.25, -0.2) is 4.79 Å². The number of rotatable bonds is 10. The number of hydrogen-bond donors (Lipinski definition) is 1. The van der Waals surface area contributed by atoms with Gasteiger partial charge in [-0.1, -0.05) is 61.5 Å². The minimum Gasteiger partial charge on any atom is -0.465 e. The van der Waals surface area contributed by atoms with E-state index in [0.717, 1.165) is 18.4 Å². The van der Waals surface area contributed by atoms with Gasteiger partial charge in [-0.2, -0.15) is 5.26 Å². The number of aromatic nitrogens is 1. The van der Waals surface area contributed by atoms with Gasteiger partial charge >= 0.3 is 11.9 Å². The fourth-order valence-electron chi connectivity index (χ4n) is 3.54. The number of carbonyl (C=O) groups excluding carboxylic acids is 2. The van der Waals surface area contributed by atoms with E-state index in [0.29, 0.717) is 34.0 Å². The van der Waals surface area contributed by atoms with Gasteiger partial charge in [0.2, 0.25) is 0 Å².